The Morgan fingerprint density at radius 3 is 2.62 bits per heavy atom. The topological polar surface area (TPSA) is 74.2 Å². The third kappa shape index (κ3) is 2.31. The summed E-state index contributed by atoms with van der Waals surface area (Å²) in [6.07, 6.45) is 2.61. The van der Waals surface area contributed by atoms with Gasteiger partial charge in [0.1, 0.15) is 11.4 Å². The highest BCUT2D eigenvalue weighted by molar-refractivity contribution is 5.86. The summed E-state index contributed by atoms with van der Waals surface area (Å²) in [5.74, 6) is 0.359. The van der Waals surface area contributed by atoms with E-state index in [2.05, 4.69) is 10.1 Å². The molecule has 0 aliphatic carbocycles. The van der Waals surface area contributed by atoms with Crippen LogP contribution in [0.4, 0.5) is 10.3 Å². The van der Waals surface area contributed by atoms with Crippen molar-refractivity contribution in [3.8, 4) is 28.1 Å². The molecule has 3 rings (SSSR count). The number of nitrogen functional groups attached to an aromatic ring is 1. The SMILES string of the molecule is COc1ccc(-c2c(-c3ccncc3F)noc2N)cc1. The number of hydrogen-bond donors (Lipinski definition) is 1. The van der Waals surface area contributed by atoms with Crippen molar-refractivity contribution in [2.75, 3.05) is 12.8 Å². The van der Waals surface area contributed by atoms with Crippen molar-refractivity contribution in [1.82, 2.24) is 10.1 Å². The van der Waals surface area contributed by atoms with Crippen molar-refractivity contribution in [3.05, 3.63) is 48.5 Å². The van der Waals surface area contributed by atoms with E-state index in [1.165, 1.54) is 12.3 Å². The van der Waals surface area contributed by atoms with Gasteiger partial charge in [0.25, 0.3) is 0 Å². The monoisotopic (exact) mass is 285 g/mol. The van der Waals surface area contributed by atoms with Gasteiger partial charge in [0.2, 0.25) is 5.88 Å². The molecule has 0 saturated heterocycles. The van der Waals surface area contributed by atoms with E-state index in [4.69, 9.17) is 15.0 Å². The molecule has 0 aliphatic heterocycles. The molecule has 0 fully saturated rings. The van der Waals surface area contributed by atoms with Crippen LogP contribution >= 0.6 is 0 Å². The third-order valence-electron chi connectivity index (χ3n) is 3.12. The first-order valence-electron chi connectivity index (χ1n) is 6.20. The minimum Gasteiger partial charge on any atom is -0.497 e. The van der Waals surface area contributed by atoms with Gasteiger partial charge in [-0.15, -0.1) is 0 Å². The zero-order valence-corrected chi connectivity index (χ0v) is 11.2. The summed E-state index contributed by atoms with van der Waals surface area (Å²) in [6.45, 7) is 0. The molecule has 0 atom stereocenters. The Hall–Kier alpha value is -2.89. The van der Waals surface area contributed by atoms with Crippen LogP contribution in [0.2, 0.25) is 0 Å². The number of benzene rings is 1. The quantitative estimate of drug-likeness (QED) is 0.800. The summed E-state index contributed by atoms with van der Waals surface area (Å²) < 4.78 is 24.0. The molecule has 0 unspecified atom stereocenters. The maximum Gasteiger partial charge on any atom is 0.230 e. The lowest BCUT2D eigenvalue weighted by Crippen LogP contribution is -1.91. The first kappa shape index (κ1) is 13.1. The molecule has 2 heterocycles. The van der Waals surface area contributed by atoms with Crippen LogP contribution in [0.1, 0.15) is 0 Å². The zero-order chi connectivity index (χ0) is 14.8. The highest BCUT2D eigenvalue weighted by atomic mass is 19.1. The molecule has 3 aromatic rings. The van der Waals surface area contributed by atoms with Crippen LogP contribution in [-0.2, 0) is 0 Å². The Balaban J connectivity index is 2.15. The lowest BCUT2D eigenvalue weighted by molar-refractivity contribution is 0.415. The Bertz CT molecular complexity index is 769. The van der Waals surface area contributed by atoms with Gasteiger partial charge < -0.3 is 15.0 Å². The fourth-order valence-electron chi connectivity index (χ4n) is 2.09. The molecule has 1 aromatic carbocycles. The molecule has 6 heteroatoms. The van der Waals surface area contributed by atoms with Crippen LogP contribution in [0.5, 0.6) is 5.75 Å². The maximum absolute atomic E-state index is 13.9. The fourth-order valence-corrected chi connectivity index (χ4v) is 2.09. The summed E-state index contributed by atoms with van der Waals surface area (Å²) >= 11 is 0. The Morgan fingerprint density at radius 1 is 1.19 bits per heavy atom. The van der Waals surface area contributed by atoms with E-state index in [1.807, 2.05) is 12.1 Å². The number of halogens is 1. The minimum atomic E-state index is -0.486. The van der Waals surface area contributed by atoms with Crippen molar-refractivity contribution in [2.24, 2.45) is 0 Å². The molecule has 0 spiro atoms. The second kappa shape index (κ2) is 5.24. The van der Waals surface area contributed by atoms with E-state index in [-0.39, 0.29) is 11.4 Å². The van der Waals surface area contributed by atoms with Crippen molar-refractivity contribution in [2.45, 2.75) is 0 Å². The highest BCUT2D eigenvalue weighted by Gasteiger charge is 2.19. The predicted octanol–water partition coefficient (Wildman–Crippen LogP) is 3.13. The van der Waals surface area contributed by atoms with Gasteiger partial charge in [-0.2, -0.15) is 0 Å². The molecular weight excluding hydrogens is 273 g/mol. The number of nitrogens with two attached hydrogens (primary N) is 1. The van der Waals surface area contributed by atoms with Gasteiger partial charge in [-0.3, -0.25) is 4.98 Å². The lowest BCUT2D eigenvalue weighted by Gasteiger charge is -2.05. The second-order valence-electron chi connectivity index (χ2n) is 4.35. The third-order valence-corrected chi connectivity index (χ3v) is 3.12. The highest BCUT2D eigenvalue weighted by Crippen LogP contribution is 2.37. The second-order valence-corrected chi connectivity index (χ2v) is 4.35. The molecule has 5 nitrogen and oxygen atoms in total. The van der Waals surface area contributed by atoms with Gasteiger partial charge in [0.15, 0.2) is 5.82 Å². The van der Waals surface area contributed by atoms with Gasteiger partial charge in [-0.1, -0.05) is 17.3 Å². The van der Waals surface area contributed by atoms with E-state index in [0.29, 0.717) is 17.0 Å². The van der Waals surface area contributed by atoms with Gasteiger partial charge in [-0.05, 0) is 23.8 Å². The van der Waals surface area contributed by atoms with E-state index in [0.717, 1.165) is 11.8 Å². The van der Waals surface area contributed by atoms with Crippen LogP contribution in [0, 0.1) is 5.82 Å². The number of hydrogen-bond acceptors (Lipinski definition) is 5. The molecule has 0 saturated carbocycles. The largest absolute Gasteiger partial charge is 0.497 e. The summed E-state index contributed by atoms with van der Waals surface area (Å²) in [5.41, 5.74) is 7.77. The van der Waals surface area contributed by atoms with Crippen molar-refractivity contribution in [1.29, 1.82) is 0 Å². The van der Waals surface area contributed by atoms with Crippen LogP contribution in [0.25, 0.3) is 22.4 Å². The Kier molecular flexibility index (Phi) is 3.27. The van der Waals surface area contributed by atoms with Crippen molar-refractivity contribution < 1.29 is 13.7 Å². The van der Waals surface area contributed by atoms with Crippen LogP contribution in [0.3, 0.4) is 0 Å². The number of ether oxygens (including phenoxy) is 1. The molecule has 106 valence electrons. The number of nitrogens with zero attached hydrogens (tertiary/aromatic N) is 2. The maximum atomic E-state index is 13.9. The average molecular weight is 285 g/mol. The van der Waals surface area contributed by atoms with E-state index >= 15 is 0 Å². The minimum absolute atomic E-state index is 0.131. The summed E-state index contributed by atoms with van der Waals surface area (Å²) in [5, 5.41) is 3.87. The standard InChI is InChI=1S/C15H12FN3O2/c1-20-10-4-2-9(3-5-10)13-14(19-21-15(13)17)11-6-7-18-8-12(11)16/h2-8H,17H2,1H3. The molecule has 0 radical (unpaired) electrons. The average Bonchev–Trinajstić information content (AvgIpc) is 2.89. The van der Waals surface area contributed by atoms with Crippen LogP contribution < -0.4 is 10.5 Å². The predicted molar refractivity (Wildman–Crippen MR) is 76.1 cm³/mol. The van der Waals surface area contributed by atoms with Gasteiger partial charge in [0, 0.05) is 11.8 Å². The number of methoxy groups -OCH3 is 1. The normalized spacial score (nSPS) is 10.6. The molecular formula is C15H12FN3O2. The van der Waals surface area contributed by atoms with Crippen molar-refractivity contribution >= 4 is 5.88 Å². The molecule has 0 bridgehead atoms. The molecule has 0 amide bonds. The molecule has 21 heavy (non-hydrogen) atoms. The fraction of sp³-hybridized carbons (Fsp3) is 0.0667. The van der Waals surface area contributed by atoms with E-state index in [1.54, 1.807) is 19.2 Å². The van der Waals surface area contributed by atoms with Gasteiger partial charge in [0.05, 0.1) is 18.9 Å². The Labute approximate surface area is 120 Å². The van der Waals surface area contributed by atoms with Crippen LogP contribution in [0.15, 0.2) is 47.2 Å². The summed E-state index contributed by atoms with van der Waals surface area (Å²) in [4.78, 5) is 3.72. The van der Waals surface area contributed by atoms with Crippen LogP contribution in [-0.4, -0.2) is 17.3 Å². The first-order valence-corrected chi connectivity index (χ1v) is 6.20. The van der Waals surface area contributed by atoms with E-state index < -0.39 is 5.82 Å². The number of anilines is 1. The molecule has 2 aromatic heterocycles. The first-order chi connectivity index (χ1) is 10.2. The smallest absolute Gasteiger partial charge is 0.230 e. The number of rotatable bonds is 3. The van der Waals surface area contributed by atoms with Crippen molar-refractivity contribution in [3.63, 3.8) is 0 Å². The molecule has 2 N–H and O–H groups in total. The summed E-state index contributed by atoms with van der Waals surface area (Å²) in [6, 6.07) is 8.72. The zero-order valence-electron chi connectivity index (χ0n) is 11.2. The lowest BCUT2D eigenvalue weighted by atomic mass is 10.0. The van der Waals surface area contributed by atoms with Gasteiger partial charge in [-0.25, -0.2) is 4.39 Å². The number of aromatic nitrogens is 2. The van der Waals surface area contributed by atoms with Gasteiger partial charge >= 0.3 is 0 Å². The molecule has 0 aliphatic rings. The number of pyridine rings is 1. The van der Waals surface area contributed by atoms with E-state index in [9.17, 15) is 4.39 Å². The summed E-state index contributed by atoms with van der Waals surface area (Å²) in [7, 11) is 1.58. The Morgan fingerprint density at radius 2 is 1.95 bits per heavy atom.